The molecule has 0 spiro atoms. The van der Waals surface area contributed by atoms with Crippen LogP contribution in [-0.4, -0.2) is 15.1 Å². The number of aromatic nitrogens is 3. The summed E-state index contributed by atoms with van der Waals surface area (Å²) in [5, 5.41) is 4.60. The monoisotopic (exact) mass is 306 g/mol. The van der Waals surface area contributed by atoms with Crippen LogP contribution >= 0.6 is 23.2 Å². The van der Waals surface area contributed by atoms with Gasteiger partial charge in [0.2, 0.25) is 5.82 Å². The lowest BCUT2D eigenvalue weighted by molar-refractivity contribution is 0.432. The summed E-state index contributed by atoms with van der Waals surface area (Å²) in [6.45, 7) is 0. The van der Waals surface area contributed by atoms with Crippen LogP contribution in [0.5, 0.6) is 0 Å². The van der Waals surface area contributed by atoms with Gasteiger partial charge in [-0.15, -0.1) is 0 Å². The zero-order valence-electron chi connectivity index (χ0n) is 10.0. The molecule has 0 saturated heterocycles. The van der Waals surface area contributed by atoms with Gasteiger partial charge in [0, 0.05) is 23.5 Å². The Balaban J connectivity index is 2.03. The first-order valence-electron chi connectivity index (χ1n) is 5.64. The number of anilines is 1. The van der Waals surface area contributed by atoms with Crippen LogP contribution in [-0.2, 0) is 0 Å². The molecule has 0 aliphatic rings. The van der Waals surface area contributed by atoms with E-state index in [1.807, 2.05) is 0 Å². The average molecular weight is 307 g/mol. The topological polar surface area (TPSA) is 77.8 Å². The SMILES string of the molecule is Nc1c(Cl)cc(-c2nc(-c3ccncc3)no2)cc1Cl. The standard InChI is InChI=1S/C13H8Cl2N4O/c14-9-5-8(6-10(15)11(9)16)13-18-12(19-20-13)7-1-3-17-4-2-7/h1-6H,16H2. The number of pyridine rings is 1. The molecule has 2 aromatic heterocycles. The summed E-state index contributed by atoms with van der Waals surface area (Å²) >= 11 is 12.0. The van der Waals surface area contributed by atoms with E-state index in [0.29, 0.717) is 33.0 Å². The highest BCUT2D eigenvalue weighted by Gasteiger charge is 2.13. The maximum Gasteiger partial charge on any atom is 0.258 e. The Morgan fingerprint density at radius 3 is 2.30 bits per heavy atom. The second kappa shape index (κ2) is 5.11. The van der Waals surface area contributed by atoms with Crippen molar-refractivity contribution in [3.8, 4) is 22.8 Å². The van der Waals surface area contributed by atoms with Gasteiger partial charge in [-0.25, -0.2) is 0 Å². The average Bonchev–Trinajstić information content (AvgIpc) is 2.95. The fraction of sp³-hybridized carbons (Fsp3) is 0. The van der Waals surface area contributed by atoms with Crippen molar-refractivity contribution in [1.82, 2.24) is 15.1 Å². The van der Waals surface area contributed by atoms with Crippen LogP contribution in [0.3, 0.4) is 0 Å². The fourth-order valence-electron chi connectivity index (χ4n) is 1.67. The lowest BCUT2D eigenvalue weighted by Gasteiger charge is -2.02. The molecule has 0 radical (unpaired) electrons. The van der Waals surface area contributed by atoms with E-state index in [-0.39, 0.29) is 0 Å². The van der Waals surface area contributed by atoms with Crippen molar-refractivity contribution in [3.63, 3.8) is 0 Å². The van der Waals surface area contributed by atoms with Crippen LogP contribution in [0.15, 0.2) is 41.2 Å². The van der Waals surface area contributed by atoms with Gasteiger partial charge in [-0.1, -0.05) is 28.4 Å². The Kier molecular flexibility index (Phi) is 3.30. The maximum absolute atomic E-state index is 5.99. The Bertz CT molecular complexity index is 735. The third-order valence-electron chi connectivity index (χ3n) is 2.69. The summed E-state index contributed by atoms with van der Waals surface area (Å²) in [5.41, 5.74) is 7.43. The molecule has 0 bridgehead atoms. The van der Waals surface area contributed by atoms with E-state index >= 15 is 0 Å². The number of hydrogen-bond donors (Lipinski definition) is 1. The summed E-state index contributed by atoms with van der Waals surface area (Å²) in [4.78, 5) is 8.23. The van der Waals surface area contributed by atoms with E-state index in [0.717, 1.165) is 5.56 Å². The zero-order valence-corrected chi connectivity index (χ0v) is 11.6. The van der Waals surface area contributed by atoms with Gasteiger partial charge in [0.25, 0.3) is 5.89 Å². The first kappa shape index (κ1) is 12.9. The van der Waals surface area contributed by atoms with E-state index < -0.39 is 0 Å². The number of nitrogen functional groups attached to an aromatic ring is 1. The van der Waals surface area contributed by atoms with Crippen LogP contribution in [0, 0.1) is 0 Å². The summed E-state index contributed by atoms with van der Waals surface area (Å²) in [5.74, 6) is 0.784. The van der Waals surface area contributed by atoms with Gasteiger partial charge in [0.15, 0.2) is 0 Å². The zero-order chi connectivity index (χ0) is 14.1. The molecule has 0 saturated carbocycles. The van der Waals surface area contributed by atoms with Crippen molar-refractivity contribution < 1.29 is 4.52 Å². The van der Waals surface area contributed by atoms with E-state index in [1.165, 1.54) is 0 Å². The number of halogens is 2. The van der Waals surface area contributed by atoms with Crippen molar-refractivity contribution in [2.75, 3.05) is 5.73 Å². The van der Waals surface area contributed by atoms with E-state index in [1.54, 1.807) is 36.7 Å². The van der Waals surface area contributed by atoms with Gasteiger partial charge in [-0.2, -0.15) is 4.98 Å². The highest BCUT2D eigenvalue weighted by Crippen LogP contribution is 2.33. The molecule has 3 aromatic rings. The molecule has 2 N–H and O–H groups in total. The molecular weight excluding hydrogens is 299 g/mol. The lowest BCUT2D eigenvalue weighted by atomic mass is 10.2. The normalized spacial score (nSPS) is 10.7. The summed E-state index contributed by atoms with van der Waals surface area (Å²) in [6, 6.07) is 6.84. The smallest absolute Gasteiger partial charge is 0.258 e. The molecule has 0 aliphatic carbocycles. The highest BCUT2D eigenvalue weighted by molar-refractivity contribution is 6.39. The Morgan fingerprint density at radius 2 is 1.65 bits per heavy atom. The van der Waals surface area contributed by atoms with Gasteiger partial charge in [-0.05, 0) is 24.3 Å². The van der Waals surface area contributed by atoms with Gasteiger partial charge >= 0.3 is 0 Å². The molecule has 1 aromatic carbocycles. The van der Waals surface area contributed by atoms with Gasteiger partial charge in [0.1, 0.15) is 0 Å². The molecular formula is C13H8Cl2N4O. The van der Waals surface area contributed by atoms with Crippen molar-refractivity contribution in [2.45, 2.75) is 0 Å². The Hall–Kier alpha value is -2.11. The molecule has 0 aliphatic heterocycles. The predicted molar refractivity (Wildman–Crippen MR) is 77.4 cm³/mol. The Labute approximate surface area is 124 Å². The predicted octanol–water partition coefficient (Wildman–Crippen LogP) is 3.69. The Morgan fingerprint density at radius 1 is 1.00 bits per heavy atom. The van der Waals surface area contributed by atoms with Crippen molar-refractivity contribution >= 4 is 28.9 Å². The largest absolute Gasteiger partial charge is 0.396 e. The number of benzene rings is 1. The molecule has 7 heteroatoms. The molecule has 0 atom stereocenters. The maximum atomic E-state index is 5.99. The molecule has 3 rings (SSSR count). The minimum atomic E-state index is 0.320. The van der Waals surface area contributed by atoms with Crippen LogP contribution in [0.1, 0.15) is 0 Å². The van der Waals surface area contributed by atoms with Crippen molar-refractivity contribution in [3.05, 3.63) is 46.7 Å². The number of nitrogens with two attached hydrogens (primary N) is 1. The van der Waals surface area contributed by atoms with E-state index in [2.05, 4.69) is 15.1 Å². The number of rotatable bonds is 2. The van der Waals surface area contributed by atoms with Gasteiger partial charge in [0.05, 0.1) is 15.7 Å². The molecule has 5 nitrogen and oxygen atoms in total. The molecule has 0 unspecified atom stereocenters. The van der Waals surface area contributed by atoms with Crippen LogP contribution < -0.4 is 5.73 Å². The molecule has 2 heterocycles. The van der Waals surface area contributed by atoms with Gasteiger partial charge in [-0.3, -0.25) is 4.98 Å². The number of hydrogen-bond acceptors (Lipinski definition) is 5. The third kappa shape index (κ3) is 2.33. The second-order valence-corrected chi connectivity index (χ2v) is 4.83. The van der Waals surface area contributed by atoms with E-state index in [9.17, 15) is 0 Å². The quantitative estimate of drug-likeness (QED) is 0.731. The molecule has 100 valence electrons. The summed E-state index contributed by atoms with van der Waals surface area (Å²) < 4.78 is 5.22. The first-order chi connectivity index (χ1) is 9.65. The van der Waals surface area contributed by atoms with Crippen molar-refractivity contribution in [2.24, 2.45) is 0 Å². The van der Waals surface area contributed by atoms with Crippen LogP contribution in [0.4, 0.5) is 5.69 Å². The number of nitrogens with zero attached hydrogens (tertiary/aromatic N) is 3. The highest BCUT2D eigenvalue weighted by atomic mass is 35.5. The minimum Gasteiger partial charge on any atom is -0.396 e. The summed E-state index contributed by atoms with van der Waals surface area (Å²) in [7, 11) is 0. The first-order valence-corrected chi connectivity index (χ1v) is 6.40. The third-order valence-corrected chi connectivity index (χ3v) is 3.32. The second-order valence-electron chi connectivity index (χ2n) is 4.01. The van der Waals surface area contributed by atoms with E-state index in [4.69, 9.17) is 33.5 Å². The van der Waals surface area contributed by atoms with Gasteiger partial charge < -0.3 is 10.3 Å². The molecule has 0 fully saturated rings. The minimum absolute atomic E-state index is 0.320. The molecule has 0 amide bonds. The van der Waals surface area contributed by atoms with Crippen LogP contribution in [0.2, 0.25) is 10.0 Å². The van der Waals surface area contributed by atoms with Crippen LogP contribution in [0.25, 0.3) is 22.8 Å². The lowest BCUT2D eigenvalue weighted by Crippen LogP contribution is -1.89. The van der Waals surface area contributed by atoms with Crippen molar-refractivity contribution in [1.29, 1.82) is 0 Å². The molecule has 20 heavy (non-hydrogen) atoms. The fourth-order valence-corrected chi connectivity index (χ4v) is 2.15. The summed E-state index contributed by atoms with van der Waals surface area (Å²) in [6.07, 6.45) is 3.31.